The lowest BCUT2D eigenvalue weighted by molar-refractivity contribution is -0.167. The minimum Gasteiger partial charge on any atom is -0.474 e. The minimum absolute atomic E-state index is 0.000406. The van der Waals surface area contributed by atoms with Crippen LogP contribution in [0.4, 0.5) is 30.7 Å². The van der Waals surface area contributed by atoms with E-state index in [-0.39, 0.29) is 76.9 Å². The zero-order valence-corrected chi connectivity index (χ0v) is 29.4. The fourth-order valence-electron chi connectivity index (χ4n) is 7.60. The van der Waals surface area contributed by atoms with Crippen LogP contribution in [-0.2, 0) is 34.9 Å². The zero-order chi connectivity index (χ0) is 38.3. The molecular weight excluding hydrogens is 733 g/mol. The third-order valence-corrected chi connectivity index (χ3v) is 11.1. The molecule has 2 saturated heterocycles. The van der Waals surface area contributed by atoms with Crippen LogP contribution in [0, 0.1) is 5.82 Å². The Labute approximate surface area is 304 Å². The first kappa shape index (κ1) is 38.5. The summed E-state index contributed by atoms with van der Waals surface area (Å²) in [5.74, 6) is -3.39. The molecule has 3 aromatic rings. The summed E-state index contributed by atoms with van der Waals surface area (Å²) in [6.07, 6.45) is -8.74. The highest BCUT2D eigenvalue weighted by Gasteiger charge is 2.58. The quantitative estimate of drug-likeness (QED) is 0.276. The summed E-state index contributed by atoms with van der Waals surface area (Å²) in [7, 11) is 0. The molecule has 3 aliphatic rings. The number of ether oxygens (including phenoxy) is 1. The van der Waals surface area contributed by atoms with Crippen LogP contribution in [0.5, 0.6) is 5.75 Å². The Hall–Kier alpha value is -4.25. The van der Waals surface area contributed by atoms with Gasteiger partial charge in [0.05, 0.1) is 17.7 Å². The Morgan fingerprint density at radius 1 is 1.00 bits per heavy atom. The molecule has 6 rings (SSSR count). The van der Waals surface area contributed by atoms with Gasteiger partial charge in [-0.1, -0.05) is 19.4 Å². The van der Waals surface area contributed by atoms with Crippen molar-refractivity contribution >= 4 is 29.1 Å². The Kier molecular flexibility index (Phi) is 10.8. The van der Waals surface area contributed by atoms with E-state index in [0.717, 1.165) is 28.6 Å². The molecule has 3 aliphatic heterocycles. The van der Waals surface area contributed by atoms with Crippen molar-refractivity contribution in [1.82, 2.24) is 19.7 Å². The maximum atomic E-state index is 15.4. The van der Waals surface area contributed by atoms with Gasteiger partial charge in [-0.05, 0) is 61.1 Å². The molecule has 0 bridgehead atoms. The molecule has 3 atom stereocenters. The molecule has 53 heavy (non-hydrogen) atoms. The van der Waals surface area contributed by atoms with Gasteiger partial charge in [-0.15, -0.1) is 11.3 Å². The molecule has 0 aliphatic carbocycles. The molecule has 0 spiro atoms. The molecule has 0 radical (unpaired) electrons. The van der Waals surface area contributed by atoms with Crippen molar-refractivity contribution in [3.8, 4) is 5.75 Å². The average molecular weight is 771 g/mol. The van der Waals surface area contributed by atoms with Crippen molar-refractivity contribution < 1.29 is 55.0 Å². The third kappa shape index (κ3) is 7.72. The number of hydrogen-bond acceptors (Lipinski definition) is 7. The maximum absolute atomic E-state index is 15.4. The summed E-state index contributed by atoms with van der Waals surface area (Å²) in [6, 6.07) is 3.84. The first-order chi connectivity index (χ1) is 25.0. The van der Waals surface area contributed by atoms with Crippen LogP contribution in [0.2, 0.25) is 0 Å². The molecule has 17 heteroatoms. The average Bonchev–Trinajstić information content (AvgIpc) is 3.60. The van der Waals surface area contributed by atoms with Crippen molar-refractivity contribution in [3.05, 3.63) is 81.1 Å². The number of fused-ring (bicyclic) bond motifs is 1. The molecular formula is C36H37F7N4O5S. The van der Waals surface area contributed by atoms with E-state index in [1.165, 1.54) is 28.0 Å². The Balaban J connectivity index is 1.48. The highest BCUT2D eigenvalue weighted by molar-refractivity contribution is 7.10. The van der Waals surface area contributed by atoms with Gasteiger partial charge in [-0.25, -0.2) is 4.39 Å². The summed E-state index contributed by atoms with van der Waals surface area (Å²) in [6.45, 7) is 1.72. The van der Waals surface area contributed by atoms with Crippen LogP contribution in [0.1, 0.15) is 77.5 Å². The van der Waals surface area contributed by atoms with Gasteiger partial charge >= 0.3 is 12.4 Å². The highest BCUT2D eigenvalue weighted by Crippen LogP contribution is 2.43. The number of carbonyl (C=O) groups is 3. The van der Waals surface area contributed by atoms with Crippen molar-refractivity contribution in [2.45, 2.75) is 94.6 Å². The first-order valence-electron chi connectivity index (χ1n) is 17.3. The lowest BCUT2D eigenvalue weighted by atomic mass is 9.78. The number of aliphatic hydroxyl groups excluding tert-OH is 1. The molecule has 2 aromatic heterocycles. The van der Waals surface area contributed by atoms with E-state index in [1.807, 2.05) is 0 Å². The first-order valence-corrected chi connectivity index (χ1v) is 18.1. The summed E-state index contributed by atoms with van der Waals surface area (Å²) >= 11 is 0.324. The number of carbonyl (C=O) groups excluding carboxylic acids is 3. The fraction of sp³-hybridized carbons (Fsp3) is 0.500. The van der Waals surface area contributed by atoms with Gasteiger partial charge in [0.25, 0.3) is 11.8 Å². The number of aliphatic hydroxyl groups is 1. The largest absolute Gasteiger partial charge is 0.474 e. The summed E-state index contributed by atoms with van der Waals surface area (Å²) < 4.78 is 104. The van der Waals surface area contributed by atoms with E-state index in [2.05, 4.69) is 4.98 Å². The summed E-state index contributed by atoms with van der Waals surface area (Å²) in [4.78, 5) is 50.3. The van der Waals surface area contributed by atoms with Gasteiger partial charge in [0.1, 0.15) is 28.2 Å². The summed E-state index contributed by atoms with van der Waals surface area (Å²) in [5.41, 5.74) is -3.41. The van der Waals surface area contributed by atoms with Crippen molar-refractivity contribution in [2.24, 2.45) is 0 Å². The van der Waals surface area contributed by atoms with Crippen molar-refractivity contribution in [1.29, 1.82) is 0 Å². The number of thiophene rings is 1. The number of pyridine rings is 1. The minimum atomic E-state index is -4.96. The van der Waals surface area contributed by atoms with E-state index in [0.29, 0.717) is 28.5 Å². The smallest absolute Gasteiger partial charge is 0.425 e. The number of benzene rings is 1. The molecule has 5 heterocycles. The van der Waals surface area contributed by atoms with Gasteiger partial charge in [-0.3, -0.25) is 19.4 Å². The normalized spacial score (nSPS) is 22.8. The van der Waals surface area contributed by atoms with E-state index >= 15 is 4.79 Å². The second-order valence-electron chi connectivity index (χ2n) is 13.6. The number of halogens is 7. The summed E-state index contributed by atoms with van der Waals surface area (Å²) in [5, 5.41) is 11.1. The number of piperidine rings is 2. The van der Waals surface area contributed by atoms with Gasteiger partial charge in [-0.2, -0.15) is 26.3 Å². The second-order valence-corrected chi connectivity index (χ2v) is 14.5. The van der Waals surface area contributed by atoms with Crippen molar-refractivity contribution in [3.63, 3.8) is 0 Å². The number of alkyl halides is 6. The predicted molar refractivity (Wildman–Crippen MR) is 177 cm³/mol. The number of amides is 3. The van der Waals surface area contributed by atoms with Crippen LogP contribution in [0.15, 0.2) is 48.0 Å². The van der Waals surface area contributed by atoms with E-state index in [9.17, 15) is 45.4 Å². The molecule has 2 fully saturated rings. The SMILES string of the molecule is CCCC1N(C(=O)c2ncccc2C(F)(F)F)CCC[C@]1(Oc1csc(C(F)(F)F)c1)C(=O)N1Cc2ccc(F)cc2C[C@@H]1C(=O)N1CCC(O)CC1. The molecule has 9 nitrogen and oxygen atoms in total. The van der Waals surface area contributed by atoms with E-state index in [4.69, 9.17) is 4.74 Å². The van der Waals surface area contributed by atoms with Crippen molar-refractivity contribution in [2.75, 3.05) is 19.6 Å². The topological polar surface area (TPSA) is 103 Å². The lowest BCUT2D eigenvalue weighted by Gasteiger charge is -2.51. The number of hydrogen-bond donors (Lipinski definition) is 1. The van der Waals surface area contributed by atoms with Gasteiger partial charge in [0, 0.05) is 56.7 Å². The van der Waals surface area contributed by atoms with Crippen LogP contribution in [-0.4, -0.2) is 85.9 Å². The molecule has 0 saturated carbocycles. The second kappa shape index (κ2) is 14.9. The number of rotatable bonds is 7. The maximum Gasteiger partial charge on any atom is 0.425 e. The fourth-order valence-corrected chi connectivity index (χ4v) is 8.28. The van der Waals surface area contributed by atoms with Crippen LogP contribution >= 0.6 is 11.3 Å². The number of nitrogens with zero attached hydrogens (tertiary/aromatic N) is 4. The van der Waals surface area contributed by atoms with Crippen LogP contribution in [0.25, 0.3) is 0 Å². The van der Waals surface area contributed by atoms with Gasteiger partial charge < -0.3 is 24.5 Å². The Bertz CT molecular complexity index is 1840. The monoisotopic (exact) mass is 770 g/mol. The molecule has 286 valence electrons. The lowest BCUT2D eigenvalue weighted by Crippen LogP contribution is -2.70. The molecule has 1 unspecified atom stereocenters. The zero-order valence-electron chi connectivity index (χ0n) is 28.6. The van der Waals surface area contributed by atoms with E-state index in [1.54, 1.807) is 6.92 Å². The van der Waals surface area contributed by atoms with E-state index < -0.39 is 75.8 Å². The van der Waals surface area contributed by atoms with Crippen LogP contribution in [0.3, 0.4) is 0 Å². The molecule has 1 N–H and O–H groups in total. The highest BCUT2D eigenvalue weighted by atomic mass is 32.1. The van der Waals surface area contributed by atoms with Gasteiger partial charge in [0.15, 0.2) is 0 Å². The number of aromatic nitrogens is 1. The molecule has 3 amide bonds. The van der Waals surface area contributed by atoms with Crippen LogP contribution < -0.4 is 4.74 Å². The Morgan fingerprint density at radius 3 is 2.40 bits per heavy atom. The third-order valence-electron chi connectivity index (χ3n) is 10.1. The standard InChI is InChI=1S/C36H37F7N4O5S/c1-2-5-28-34(52-25-18-29(53-20-25)36(41,42)43,11-4-13-46(28)32(50)30-26(35(38,39)40)6-3-12-44-30)33(51)47-19-21-7-8-23(37)16-22(21)17-27(47)31(49)45-14-9-24(48)10-15-45/h3,6-8,12,16,18,20,24,27-28,48H,2,4-5,9-11,13-15,17,19H2,1H3/t27-,28?,34-/m1/s1. The predicted octanol–water partition coefficient (Wildman–Crippen LogP) is 6.48. The number of likely N-dealkylation sites (tertiary alicyclic amines) is 2. The molecule has 1 aromatic carbocycles. The Morgan fingerprint density at radius 2 is 1.74 bits per heavy atom. The van der Waals surface area contributed by atoms with Gasteiger partial charge in [0.2, 0.25) is 11.5 Å².